The molecule has 0 spiro atoms. The maximum Gasteiger partial charge on any atom is 0.264 e. The standard InChI is InChI=1S/C12H30O5SSi2/c1-9-10(18(13,14)15)19(11(16-5)17-6)20(7,8)12(2,3)4/h10-11,19H,9H2,1-8H3,(H,13,14,15). The highest BCUT2D eigenvalue weighted by Gasteiger charge is 2.53. The van der Waals surface area contributed by atoms with Crippen LogP contribution in [0.4, 0.5) is 0 Å². The molecule has 0 radical (unpaired) electrons. The highest BCUT2D eigenvalue weighted by molar-refractivity contribution is 7.89. The summed E-state index contributed by atoms with van der Waals surface area (Å²) in [4.78, 5) is -0.728. The maximum atomic E-state index is 11.8. The van der Waals surface area contributed by atoms with Crippen molar-refractivity contribution in [3.05, 3.63) is 0 Å². The summed E-state index contributed by atoms with van der Waals surface area (Å²) in [5.74, 6) is -0.497. The summed E-state index contributed by atoms with van der Waals surface area (Å²) in [6.07, 6.45) is 0.394. The first-order valence-electron chi connectivity index (χ1n) is 6.86. The molecule has 0 saturated carbocycles. The predicted molar refractivity (Wildman–Crippen MR) is 87.8 cm³/mol. The van der Waals surface area contributed by atoms with E-state index in [1.54, 1.807) is 6.92 Å². The van der Waals surface area contributed by atoms with Gasteiger partial charge in [-0.05, 0) is 11.5 Å². The Morgan fingerprint density at radius 2 is 1.60 bits per heavy atom. The topological polar surface area (TPSA) is 72.8 Å². The van der Waals surface area contributed by atoms with Crippen LogP contribution in [0.3, 0.4) is 0 Å². The van der Waals surface area contributed by atoms with E-state index in [2.05, 4.69) is 33.9 Å². The smallest absolute Gasteiger partial charge is 0.264 e. The summed E-state index contributed by atoms with van der Waals surface area (Å²) in [6, 6.07) is 0. The van der Waals surface area contributed by atoms with E-state index >= 15 is 0 Å². The third-order valence-corrected chi connectivity index (χ3v) is 26.0. The van der Waals surface area contributed by atoms with Gasteiger partial charge in [-0.25, -0.2) is 0 Å². The van der Waals surface area contributed by atoms with Crippen molar-refractivity contribution in [3.8, 4) is 0 Å². The van der Waals surface area contributed by atoms with Crippen LogP contribution in [0.2, 0.25) is 18.1 Å². The first kappa shape index (κ1) is 20.3. The molecule has 0 rings (SSSR count). The molecule has 20 heavy (non-hydrogen) atoms. The van der Waals surface area contributed by atoms with Gasteiger partial charge >= 0.3 is 0 Å². The van der Waals surface area contributed by atoms with Crippen LogP contribution in [0.1, 0.15) is 34.1 Å². The molecule has 0 bridgehead atoms. The zero-order chi connectivity index (χ0) is 16.4. The molecule has 8 heteroatoms. The SMILES string of the molecule is CCC([SiH](C(OC)OC)[Si](C)(C)C(C)(C)C)S(=O)(=O)O. The van der Waals surface area contributed by atoms with Crippen LogP contribution in [-0.4, -0.2) is 53.9 Å². The Kier molecular flexibility index (Phi) is 7.11. The second-order valence-electron chi connectivity index (χ2n) is 6.80. The molecular weight excluding hydrogens is 312 g/mol. The number of hydrogen-bond donors (Lipinski definition) is 1. The highest BCUT2D eigenvalue weighted by atomic mass is 32.2. The zero-order valence-corrected chi connectivity index (χ0v) is 16.9. The van der Waals surface area contributed by atoms with Gasteiger partial charge in [0.15, 0.2) is 0 Å². The van der Waals surface area contributed by atoms with Crippen molar-refractivity contribution in [3.63, 3.8) is 0 Å². The van der Waals surface area contributed by atoms with E-state index in [0.29, 0.717) is 6.42 Å². The van der Waals surface area contributed by atoms with E-state index < -0.39 is 36.8 Å². The quantitative estimate of drug-likeness (QED) is 0.436. The van der Waals surface area contributed by atoms with E-state index in [4.69, 9.17) is 9.47 Å². The number of rotatable bonds is 7. The van der Waals surface area contributed by atoms with Crippen molar-refractivity contribution in [2.24, 2.45) is 0 Å². The third kappa shape index (κ3) is 4.38. The molecule has 122 valence electrons. The lowest BCUT2D eigenvalue weighted by Gasteiger charge is -2.46. The summed E-state index contributed by atoms with van der Waals surface area (Å²) >= 11 is 0. The molecule has 0 heterocycles. The molecule has 0 amide bonds. The molecule has 0 aromatic rings. The van der Waals surface area contributed by atoms with Gasteiger partial charge in [0.25, 0.3) is 10.1 Å². The molecular formula is C12H30O5SSi2. The largest absolute Gasteiger partial charge is 0.360 e. The van der Waals surface area contributed by atoms with Gasteiger partial charge in [0.05, 0.1) is 12.5 Å². The fourth-order valence-electron chi connectivity index (χ4n) is 2.52. The van der Waals surface area contributed by atoms with Gasteiger partial charge in [-0.3, -0.25) is 4.55 Å². The Morgan fingerprint density at radius 3 is 1.80 bits per heavy atom. The van der Waals surface area contributed by atoms with E-state index in [9.17, 15) is 13.0 Å². The summed E-state index contributed by atoms with van der Waals surface area (Å²) in [7, 11) is -5.06. The Labute approximate surface area is 126 Å². The molecule has 2 unspecified atom stereocenters. The van der Waals surface area contributed by atoms with Crippen LogP contribution in [0, 0.1) is 0 Å². The minimum atomic E-state index is -4.09. The summed E-state index contributed by atoms with van der Waals surface area (Å²) in [6.45, 7) is 12.6. The lowest BCUT2D eigenvalue weighted by atomic mass is 10.2. The number of ether oxygens (including phenoxy) is 2. The fourth-order valence-corrected chi connectivity index (χ4v) is 22.8. The predicted octanol–water partition coefficient (Wildman–Crippen LogP) is 2.16. The minimum absolute atomic E-state index is 0.0112. The normalized spacial score (nSPS) is 17.3. The highest BCUT2D eigenvalue weighted by Crippen LogP contribution is 2.40. The molecule has 0 aliphatic rings. The first-order valence-corrected chi connectivity index (χ1v) is 14.5. The molecule has 5 nitrogen and oxygen atoms in total. The summed E-state index contributed by atoms with van der Waals surface area (Å²) in [5.41, 5.74) is 0. The first-order chi connectivity index (χ1) is 8.84. The minimum Gasteiger partial charge on any atom is -0.360 e. The van der Waals surface area contributed by atoms with Gasteiger partial charge in [-0.1, -0.05) is 40.8 Å². The fraction of sp³-hybridized carbons (Fsp3) is 1.00. The molecule has 0 saturated heterocycles. The van der Waals surface area contributed by atoms with Crippen molar-refractivity contribution in [1.82, 2.24) is 0 Å². The molecule has 0 aromatic heterocycles. The Balaban J connectivity index is 5.97. The van der Waals surface area contributed by atoms with E-state index in [1.807, 2.05) is 0 Å². The van der Waals surface area contributed by atoms with Gasteiger partial charge < -0.3 is 9.47 Å². The molecule has 0 aliphatic carbocycles. The van der Waals surface area contributed by atoms with Gasteiger partial charge in [0.2, 0.25) is 0 Å². The van der Waals surface area contributed by atoms with Gasteiger partial charge in [-0.2, -0.15) is 8.42 Å². The Hall–Kier alpha value is 0.264. The summed E-state index contributed by atoms with van der Waals surface area (Å²) in [5, 5.41) is 0.0112. The van der Waals surface area contributed by atoms with Crippen molar-refractivity contribution >= 4 is 26.0 Å². The molecule has 2 atom stereocenters. The van der Waals surface area contributed by atoms with Crippen molar-refractivity contribution in [2.45, 2.75) is 63.0 Å². The third-order valence-electron chi connectivity index (χ3n) is 4.71. The van der Waals surface area contributed by atoms with Gasteiger partial charge in [0.1, 0.15) is 14.2 Å². The van der Waals surface area contributed by atoms with Crippen molar-refractivity contribution < 1.29 is 22.4 Å². The second-order valence-corrected chi connectivity index (χ2v) is 22.6. The van der Waals surface area contributed by atoms with Crippen LogP contribution in [0.25, 0.3) is 0 Å². The van der Waals surface area contributed by atoms with Crippen LogP contribution in [0.5, 0.6) is 0 Å². The summed E-state index contributed by atoms with van der Waals surface area (Å²) < 4.78 is 44.1. The molecule has 0 aliphatic heterocycles. The van der Waals surface area contributed by atoms with Gasteiger partial charge in [0, 0.05) is 14.2 Å². The molecule has 0 fully saturated rings. The molecule has 0 aromatic carbocycles. The Bertz CT molecular complexity index is 399. The van der Waals surface area contributed by atoms with Crippen LogP contribution < -0.4 is 0 Å². The number of hydrogen-bond acceptors (Lipinski definition) is 4. The van der Waals surface area contributed by atoms with E-state index in [1.165, 1.54) is 14.2 Å². The Morgan fingerprint density at radius 1 is 1.20 bits per heavy atom. The zero-order valence-electron chi connectivity index (χ0n) is 13.9. The van der Waals surface area contributed by atoms with Crippen LogP contribution in [-0.2, 0) is 19.6 Å². The monoisotopic (exact) mass is 342 g/mol. The second kappa shape index (κ2) is 7.02. The van der Waals surface area contributed by atoms with Crippen LogP contribution in [0.15, 0.2) is 0 Å². The molecule has 1 N–H and O–H groups in total. The lowest BCUT2D eigenvalue weighted by molar-refractivity contribution is -0.0460. The maximum absolute atomic E-state index is 11.8. The van der Waals surface area contributed by atoms with E-state index in [-0.39, 0.29) is 5.04 Å². The van der Waals surface area contributed by atoms with Crippen molar-refractivity contribution in [2.75, 3.05) is 14.2 Å². The van der Waals surface area contributed by atoms with Crippen LogP contribution >= 0.6 is 0 Å². The number of methoxy groups -OCH3 is 2. The van der Waals surface area contributed by atoms with Crippen molar-refractivity contribution in [1.29, 1.82) is 0 Å². The van der Waals surface area contributed by atoms with E-state index in [0.717, 1.165) is 0 Å². The van der Waals surface area contributed by atoms with Gasteiger partial charge in [-0.15, -0.1) is 0 Å². The average molecular weight is 343 g/mol. The lowest BCUT2D eigenvalue weighted by Crippen LogP contribution is -2.66. The average Bonchev–Trinajstić information content (AvgIpc) is 2.26.